The summed E-state index contributed by atoms with van der Waals surface area (Å²) in [7, 11) is 0. The molecular formula is C9H12BrNS. The van der Waals surface area contributed by atoms with Crippen LogP contribution in [0.25, 0.3) is 0 Å². The molecule has 1 aromatic heterocycles. The van der Waals surface area contributed by atoms with Gasteiger partial charge in [0.15, 0.2) is 0 Å². The summed E-state index contributed by atoms with van der Waals surface area (Å²) >= 11 is 5.34. The molecule has 2 rings (SSSR count). The van der Waals surface area contributed by atoms with Gasteiger partial charge in [0.25, 0.3) is 0 Å². The van der Waals surface area contributed by atoms with E-state index in [-0.39, 0.29) is 0 Å². The normalized spacial score (nSPS) is 32.0. The molecule has 2 N–H and O–H groups in total. The molecule has 2 atom stereocenters. The Morgan fingerprint density at radius 3 is 2.50 bits per heavy atom. The van der Waals surface area contributed by atoms with Gasteiger partial charge in [0.1, 0.15) is 0 Å². The van der Waals surface area contributed by atoms with E-state index in [0.717, 1.165) is 0 Å². The average molecular weight is 246 g/mol. The molecule has 0 saturated heterocycles. The Kier molecular flexibility index (Phi) is 1.86. The van der Waals surface area contributed by atoms with E-state index >= 15 is 0 Å². The molecule has 1 aromatic rings. The molecular weight excluding hydrogens is 234 g/mol. The summed E-state index contributed by atoms with van der Waals surface area (Å²) in [5.41, 5.74) is 6.29. The maximum absolute atomic E-state index is 5.99. The third kappa shape index (κ3) is 1.07. The summed E-state index contributed by atoms with van der Waals surface area (Å²) in [6.07, 6.45) is 0. The van der Waals surface area contributed by atoms with Crippen LogP contribution in [0.3, 0.4) is 0 Å². The molecule has 66 valence electrons. The Hall–Kier alpha value is 0.140. The molecule has 1 nitrogen and oxygen atoms in total. The van der Waals surface area contributed by atoms with Crippen LogP contribution in [0, 0.1) is 5.41 Å². The maximum Gasteiger partial charge on any atom is 0.0318 e. The van der Waals surface area contributed by atoms with Crippen molar-refractivity contribution in [3.05, 3.63) is 20.8 Å². The van der Waals surface area contributed by atoms with Gasteiger partial charge in [0.05, 0.1) is 0 Å². The smallest absolute Gasteiger partial charge is 0.0318 e. The fourth-order valence-corrected chi connectivity index (χ4v) is 3.67. The minimum absolute atomic E-state index is 0.299. The van der Waals surface area contributed by atoms with Crippen LogP contribution in [0.15, 0.2) is 15.9 Å². The average Bonchev–Trinajstić information content (AvgIpc) is 2.39. The first-order valence-electron chi connectivity index (χ1n) is 4.03. The van der Waals surface area contributed by atoms with E-state index in [4.69, 9.17) is 5.73 Å². The maximum atomic E-state index is 5.99. The first kappa shape index (κ1) is 8.73. The molecule has 12 heavy (non-hydrogen) atoms. The lowest BCUT2D eigenvalue weighted by atomic mass is 10.1. The lowest BCUT2D eigenvalue weighted by molar-refractivity contribution is 0.601. The minimum Gasteiger partial charge on any atom is -0.327 e. The summed E-state index contributed by atoms with van der Waals surface area (Å²) < 4.78 is 1.22. The number of rotatable bonds is 1. The molecule has 0 aromatic carbocycles. The number of hydrogen-bond donors (Lipinski definition) is 1. The molecule has 1 aliphatic carbocycles. The zero-order valence-electron chi connectivity index (χ0n) is 7.17. The standard InChI is InChI=1S/C9H12BrNS/c1-9(2)6(8(9)11)7-5(10)3-4-12-7/h3-4,6,8H,11H2,1-2H3/t6-,8-/m0/s1. The fraction of sp³-hybridized carbons (Fsp3) is 0.556. The van der Waals surface area contributed by atoms with Gasteiger partial charge >= 0.3 is 0 Å². The highest BCUT2D eigenvalue weighted by atomic mass is 79.9. The Labute approximate surface area is 85.1 Å². The molecule has 0 radical (unpaired) electrons. The van der Waals surface area contributed by atoms with Crippen LogP contribution in [-0.4, -0.2) is 6.04 Å². The van der Waals surface area contributed by atoms with Crippen LogP contribution < -0.4 is 5.73 Å². The highest BCUT2D eigenvalue weighted by Gasteiger charge is 2.57. The Bertz CT molecular complexity index is 305. The largest absolute Gasteiger partial charge is 0.327 e. The van der Waals surface area contributed by atoms with Crippen molar-refractivity contribution in [3.8, 4) is 0 Å². The molecule has 1 saturated carbocycles. The van der Waals surface area contributed by atoms with Gasteiger partial charge in [-0.2, -0.15) is 0 Å². The van der Waals surface area contributed by atoms with Crippen LogP contribution in [0.2, 0.25) is 0 Å². The third-order valence-electron chi connectivity index (χ3n) is 2.84. The molecule has 0 unspecified atom stereocenters. The first-order chi connectivity index (χ1) is 5.55. The van der Waals surface area contributed by atoms with Gasteiger partial charge in [-0.25, -0.2) is 0 Å². The summed E-state index contributed by atoms with van der Waals surface area (Å²) in [4.78, 5) is 1.41. The summed E-state index contributed by atoms with van der Waals surface area (Å²) in [5.74, 6) is 0.562. The Morgan fingerprint density at radius 2 is 2.17 bits per heavy atom. The molecule has 0 bridgehead atoms. The van der Waals surface area contributed by atoms with Crippen LogP contribution in [-0.2, 0) is 0 Å². The summed E-state index contributed by atoms with van der Waals surface area (Å²) in [6.45, 7) is 4.46. The van der Waals surface area contributed by atoms with Crippen molar-refractivity contribution in [2.24, 2.45) is 11.1 Å². The van der Waals surface area contributed by atoms with Gasteiger partial charge in [-0.15, -0.1) is 11.3 Å². The van der Waals surface area contributed by atoms with Crippen molar-refractivity contribution < 1.29 is 0 Å². The summed E-state index contributed by atoms with van der Waals surface area (Å²) in [6, 6.07) is 2.44. The lowest BCUT2D eigenvalue weighted by Gasteiger charge is -1.99. The quantitative estimate of drug-likeness (QED) is 0.810. The molecule has 0 aliphatic heterocycles. The monoisotopic (exact) mass is 245 g/mol. The second-order valence-electron chi connectivity index (χ2n) is 3.96. The van der Waals surface area contributed by atoms with E-state index in [1.165, 1.54) is 9.35 Å². The molecule has 1 heterocycles. The predicted octanol–water partition coefficient (Wildman–Crippen LogP) is 2.96. The first-order valence-corrected chi connectivity index (χ1v) is 5.71. The second kappa shape index (κ2) is 2.56. The predicted molar refractivity (Wildman–Crippen MR) is 56.5 cm³/mol. The third-order valence-corrected chi connectivity index (χ3v) is 4.79. The van der Waals surface area contributed by atoms with E-state index in [1.807, 2.05) is 0 Å². The molecule has 3 heteroatoms. The zero-order chi connectivity index (χ0) is 8.93. The Balaban J connectivity index is 2.30. The van der Waals surface area contributed by atoms with Gasteiger partial charge in [0.2, 0.25) is 0 Å². The van der Waals surface area contributed by atoms with Gasteiger partial charge in [-0.05, 0) is 32.8 Å². The molecule has 0 amide bonds. The van der Waals surface area contributed by atoms with E-state index in [2.05, 4.69) is 41.2 Å². The van der Waals surface area contributed by atoms with Gasteiger partial charge < -0.3 is 5.73 Å². The van der Waals surface area contributed by atoms with E-state index in [1.54, 1.807) is 11.3 Å². The van der Waals surface area contributed by atoms with Crippen LogP contribution in [0.1, 0.15) is 24.6 Å². The van der Waals surface area contributed by atoms with Crippen molar-refractivity contribution in [1.29, 1.82) is 0 Å². The van der Waals surface area contributed by atoms with Crippen molar-refractivity contribution in [2.45, 2.75) is 25.8 Å². The van der Waals surface area contributed by atoms with Crippen LogP contribution >= 0.6 is 27.3 Å². The number of halogens is 1. The molecule has 1 aliphatic rings. The zero-order valence-corrected chi connectivity index (χ0v) is 9.58. The Morgan fingerprint density at radius 1 is 1.58 bits per heavy atom. The van der Waals surface area contributed by atoms with Gasteiger partial charge in [-0.1, -0.05) is 13.8 Å². The van der Waals surface area contributed by atoms with Crippen molar-refractivity contribution in [3.63, 3.8) is 0 Å². The molecule has 0 spiro atoms. The van der Waals surface area contributed by atoms with Gasteiger partial charge in [-0.3, -0.25) is 0 Å². The van der Waals surface area contributed by atoms with E-state index in [9.17, 15) is 0 Å². The van der Waals surface area contributed by atoms with E-state index < -0.39 is 0 Å². The fourth-order valence-electron chi connectivity index (χ4n) is 1.71. The van der Waals surface area contributed by atoms with Gasteiger partial charge in [0, 0.05) is 21.3 Å². The van der Waals surface area contributed by atoms with Crippen molar-refractivity contribution >= 4 is 27.3 Å². The highest BCUT2D eigenvalue weighted by molar-refractivity contribution is 9.10. The number of thiophene rings is 1. The minimum atomic E-state index is 0.299. The lowest BCUT2D eigenvalue weighted by Crippen LogP contribution is -2.06. The van der Waals surface area contributed by atoms with Crippen molar-refractivity contribution in [1.82, 2.24) is 0 Å². The number of hydrogen-bond acceptors (Lipinski definition) is 2. The number of nitrogens with two attached hydrogens (primary N) is 1. The second-order valence-corrected chi connectivity index (χ2v) is 5.76. The highest BCUT2D eigenvalue weighted by Crippen LogP contribution is 2.59. The SMILES string of the molecule is CC1(C)[C@@H](N)[C@@H]1c1sccc1Br. The topological polar surface area (TPSA) is 26.0 Å². The van der Waals surface area contributed by atoms with Crippen molar-refractivity contribution in [2.75, 3.05) is 0 Å². The summed E-state index contributed by atoms with van der Waals surface area (Å²) in [5, 5.41) is 2.11. The van der Waals surface area contributed by atoms with E-state index in [0.29, 0.717) is 17.4 Å². The van der Waals surface area contributed by atoms with Crippen LogP contribution in [0.5, 0.6) is 0 Å². The molecule has 1 fully saturated rings. The van der Waals surface area contributed by atoms with Crippen LogP contribution in [0.4, 0.5) is 0 Å².